The molecule has 0 rings (SSSR count). The van der Waals surface area contributed by atoms with Crippen LogP contribution in [0.15, 0.2) is 36.5 Å². The Labute approximate surface area is 411 Å². The zero-order valence-electron chi connectivity index (χ0n) is 44.2. The Balaban J connectivity index is 3.68. The summed E-state index contributed by atoms with van der Waals surface area (Å²) in [6, 6.07) is -1.01. The van der Waals surface area contributed by atoms with E-state index in [9.17, 15) is 25.2 Å². The van der Waals surface area contributed by atoms with Gasteiger partial charge in [-0.15, -0.1) is 0 Å². The number of aliphatic hydroxyl groups excluding tert-OH is 4. The second-order valence-corrected chi connectivity index (χ2v) is 20.3. The van der Waals surface area contributed by atoms with E-state index in [-0.39, 0.29) is 0 Å². The second-order valence-electron chi connectivity index (χ2n) is 20.3. The summed E-state index contributed by atoms with van der Waals surface area (Å²) in [5, 5.41) is 44.0. The molecule has 6 nitrogen and oxygen atoms in total. The van der Waals surface area contributed by atoms with Crippen LogP contribution in [0.25, 0.3) is 0 Å². The Hall–Kier alpha value is -1.47. The summed E-state index contributed by atoms with van der Waals surface area (Å²) in [6.45, 7) is 4.07. The van der Waals surface area contributed by atoms with Gasteiger partial charge in [-0.3, -0.25) is 4.79 Å². The molecular weight excluding hydrogens is 815 g/mol. The molecule has 0 fully saturated rings. The number of nitrogens with one attached hydrogen (secondary N) is 1. The largest absolute Gasteiger partial charge is 0.394 e. The van der Waals surface area contributed by atoms with Crippen molar-refractivity contribution in [1.82, 2.24) is 5.32 Å². The molecule has 0 heterocycles. The third-order valence-corrected chi connectivity index (χ3v) is 13.8. The van der Waals surface area contributed by atoms with Gasteiger partial charge in [0.15, 0.2) is 0 Å². The van der Waals surface area contributed by atoms with Crippen molar-refractivity contribution in [2.75, 3.05) is 6.61 Å². The van der Waals surface area contributed by atoms with Crippen LogP contribution >= 0.6 is 0 Å². The number of aliphatic hydroxyl groups is 4. The number of carbonyl (C=O) groups is 1. The number of hydrogen-bond acceptors (Lipinski definition) is 5. The predicted octanol–water partition coefficient (Wildman–Crippen LogP) is 17.2. The van der Waals surface area contributed by atoms with Gasteiger partial charge < -0.3 is 25.7 Å². The fourth-order valence-corrected chi connectivity index (χ4v) is 9.18. The lowest BCUT2D eigenvalue weighted by Crippen LogP contribution is -2.53. The molecule has 6 heteroatoms. The van der Waals surface area contributed by atoms with Crippen molar-refractivity contribution in [3.8, 4) is 0 Å². The highest BCUT2D eigenvalue weighted by Crippen LogP contribution is 2.17. The highest BCUT2D eigenvalue weighted by Gasteiger charge is 2.28. The lowest BCUT2D eigenvalue weighted by atomic mass is 10.00. The topological polar surface area (TPSA) is 110 Å². The van der Waals surface area contributed by atoms with Gasteiger partial charge in [0, 0.05) is 0 Å². The van der Waals surface area contributed by atoms with E-state index in [0.29, 0.717) is 19.3 Å². The third-order valence-electron chi connectivity index (χ3n) is 13.8. The average Bonchev–Trinajstić information content (AvgIpc) is 3.32. The van der Waals surface area contributed by atoms with Gasteiger partial charge in [0.1, 0.15) is 12.2 Å². The molecule has 0 spiro atoms. The van der Waals surface area contributed by atoms with Gasteiger partial charge in [-0.05, 0) is 77.0 Å². The van der Waals surface area contributed by atoms with Gasteiger partial charge in [-0.2, -0.15) is 0 Å². The summed E-state index contributed by atoms with van der Waals surface area (Å²) in [4.78, 5) is 12.6. The van der Waals surface area contributed by atoms with Gasteiger partial charge >= 0.3 is 0 Å². The Morgan fingerprint density at radius 1 is 0.364 bits per heavy atom. The predicted molar refractivity (Wildman–Crippen MR) is 288 cm³/mol. The molecule has 4 unspecified atom stereocenters. The van der Waals surface area contributed by atoms with E-state index in [1.165, 1.54) is 231 Å². The normalized spacial score (nSPS) is 14.0. The second kappa shape index (κ2) is 54.5. The highest BCUT2D eigenvalue weighted by atomic mass is 16.3. The van der Waals surface area contributed by atoms with Crippen molar-refractivity contribution in [3.05, 3.63) is 36.5 Å². The van der Waals surface area contributed by atoms with E-state index in [1.807, 2.05) is 0 Å². The first-order chi connectivity index (χ1) is 32.5. The summed E-state index contributed by atoms with van der Waals surface area (Å²) < 4.78 is 0. The molecule has 0 saturated heterocycles. The van der Waals surface area contributed by atoms with Crippen molar-refractivity contribution in [1.29, 1.82) is 0 Å². The van der Waals surface area contributed by atoms with E-state index in [4.69, 9.17) is 0 Å². The monoisotopic (exact) mass is 930 g/mol. The number of carbonyl (C=O) groups excluding carboxylic acids is 1. The van der Waals surface area contributed by atoms with Crippen molar-refractivity contribution < 1.29 is 25.2 Å². The average molecular weight is 931 g/mol. The smallest absolute Gasteiger partial charge is 0.249 e. The van der Waals surface area contributed by atoms with Crippen molar-refractivity contribution in [3.63, 3.8) is 0 Å². The molecule has 0 aliphatic heterocycles. The molecular formula is C60H115NO5. The summed E-state index contributed by atoms with van der Waals surface area (Å²) in [5.41, 5.74) is 0. The van der Waals surface area contributed by atoms with Crippen LogP contribution in [0.2, 0.25) is 0 Å². The van der Waals surface area contributed by atoms with Gasteiger partial charge in [0.25, 0.3) is 0 Å². The molecule has 390 valence electrons. The quantitative estimate of drug-likeness (QED) is 0.0308. The number of rotatable bonds is 54. The summed E-state index contributed by atoms with van der Waals surface area (Å²) in [6.07, 6.45) is 68.0. The zero-order valence-corrected chi connectivity index (χ0v) is 44.2. The molecule has 66 heavy (non-hydrogen) atoms. The lowest BCUT2D eigenvalue weighted by Gasteiger charge is -2.27. The standard InChI is InChI=1S/C60H115NO5/c1-3-5-7-9-11-13-15-17-19-21-23-25-27-28-29-30-31-32-34-35-37-39-41-43-45-47-49-51-53-57(63)59(65)56(55-62)61-60(66)58(64)54-52-50-48-46-44-42-40-38-36-33-26-24-22-20-18-16-14-12-10-8-6-4-2/h36-39,45,47,56-59,62-65H,3-35,40-44,46,48-55H2,1-2H3,(H,61,66)/b38-36-,39-37+,47-45+. The maximum absolute atomic E-state index is 12.6. The van der Waals surface area contributed by atoms with Crippen LogP contribution < -0.4 is 5.32 Å². The summed E-state index contributed by atoms with van der Waals surface area (Å²) in [5.74, 6) is -0.599. The van der Waals surface area contributed by atoms with Crippen molar-refractivity contribution in [2.45, 2.75) is 334 Å². The molecule has 1 amide bonds. The van der Waals surface area contributed by atoms with Crippen LogP contribution in [0.3, 0.4) is 0 Å². The van der Waals surface area contributed by atoms with Crippen molar-refractivity contribution >= 4 is 5.91 Å². The minimum absolute atomic E-state index is 0.353. The van der Waals surface area contributed by atoms with E-state index in [2.05, 4.69) is 55.6 Å². The van der Waals surface area contributed by atoms with E-state index in [1.54, 1.807) is 0 Å². The minimum Gasteiger partial charge on any atom is -0.394 e. The van der Waals surface area contributed by atoms with Gasteiger partial charge in [-0.1, -0.05) is 269 Å². The number of amides is 1. The van der Waals surface area contributed by atoms with Crippen molar-refractivity contribution in [2.24, 2.45) is 0 Å². The van der Waals surface area contributed by atoms with E-state index >= 15 is 0 Å². The first-order valence-corrected chi connectivity index (χ1v) is 29.4. The van der Waals surface area contributed by atoms with Gasteiger partial charge in [0.2, 0.25) is 5.91 Å². The summed E-state index contributed by atoms with van der Waals surface area (Å²) in [7, 11) is 0. The molecule has 5 N–H and O–H groups in total. The zero-order chi connectivity index (χ0) is 48.1. The fourth-order valence-electron chi connectivity index (χ4n) is 9.18. The Kier molecular flexibility index (Phi) is 53.3. The van der Waals surface area contributed by atoms with Gasteiger partial charge in [0.05, 0.1) is 18.8 Å². The van der Waals surface area contributed by atoms with Crippen LogP contribution in [0.1, 0.15) is 309 Å². The SMILES string of the molecule is CCCCCCCCCCCCCC/C=C\CCCCCCCCC(O)C(=O)NC(CO)C(O)C(O)CCC/C=C/CC/C=C/CCCCCCCCCCCCCCCCCCCCC. The molecule has 0 saturated carbocycles. The fraction of sp³-hybridized carbons (Fsp3) is 0.883. The maximum atomic E-state index is 12.6. The minimum atomic E-state index is -1.29. The molecule has 0 aliphatic rings. The maximum Gasteiger partial charge on any atom is 0.249 e. The van der Waals surface area contributed by atoms with Crippen LogP contribution in [0.5, 0.6) is 0 Å². The lowest BCUT2D eigenvalue weighted by molar-refractivity contribution is -0.132. The first kappa shape index (κ1) is 64.5. The molecule has 0 aromatic rings. The van der Waals surface area contributed by atoms with Crippen LogP contribution in [0, 0.1) is 0 Å². The molecule has 0 aromatic heterocycles. The Bertz CT molecular complexity index is 1040. The summed E-state index contributed by atoms with van der Waals surface area (Å²) >= 11 is 0. The number of unbranched alkanes of at least 4 members (excludes halogenated alkanes) is 39. The van der Waals surface area contributed by atoms with E-state index in [0.717, 1.165) is 44.9 Å². The van der Waals surface area contributed by atoms with Gasteiger partial charge in [-0.25, -0.2) is 0 Å². The highest BCUT2D eigenvalue weighted by molar-refractivity contribution is 5.80. The van der Waals surface area contributed by atoms with Crippen LogP contribution in [0.4, 0.5) is 0 Å². The number of hydrogen-bond donors (Lipinski definition) is 5. The van der Waals surface area contributed by atoms with Crippen LogP contribution in [-0.2, 0) is 4.79 Å². The molecule has 0 aromatic carbocycles. The number of allylic oxidation sites excluding steroid dienone is 6. The molecule has 4 atom stereocenters. The Morgan fingerprint density at radius 2 is 0.636 bits per heavy atom. The first-order valence-electron chi connectivity index (χ1n) is 29.4. The van der Waals surface area contributed by atoms with Crippen LogP contribution in [-0.4, -0.2) is 57.3 Å². The molecule has 0 aliphatic carbocycles. The Morgan fingerprint density at radius 3 is 0.955 bits per heavy atom. The molecule has 0 radical (unpaired) electrons. The third kappa shape index (κ3) is 47.6. The van der Waals surface area contributed by atoms with E-state index < -0.39 is 36.9 Å². The molecule has 0 bridgehead atoms.